The van der Waals surface area contributed by atoms with Crippen molar-refractivity contribution in [3.05, 3.63) is 87.0 Å². The average Bonchev–Trinajstić information content (AvgIpc) is 2.75. The van der Waals surface area contributed by atoms with Gasteiger partial charge in [-0.3, -0.25) is 9.59 Å². The minimum Gasteiger partial charge on any atom is -0.294 e. The third-order valence-electron chi connectivity index (χ3n) is 10.1. The van der Waals surface area contributed by atoms with E-state index in [1.54, 1.807) is 0 Å². The molecule has 37 heavy (non-hydrogen) atoms. The quantitative estimate of drug-likeness (QED) is 0.394. The average molecular weight is 493 g/mol. The number of rotatable bonds is 2. The summed E-state index contributed by atoms with van der Waals surface area (Å²) in [7, 11) is 0. The van der Waals surface area contributed by atoms with Crippen molar-refractivity contribution in [2.75, 3.05) is 0 Å². The number of hydrogen-bond donors (Lipinski definition) is 0. The van der Waals surface area contributed by atoms with Gasteiger partial charge in [-0.15, -0.1) is 0 Å². The van der Waals surface area contributed by atoms with E-state index in [4.69, 9.17) is 6.58 Å². The summed E-state index contributed by atoms with van der Waals surface area (Å²) in [6.07, 6.45) is 2.57. The van der Waals surface area contributed by atoms with Crippen molar-refractivity contribution in [3.63, 3.8) is 0 Å². The molecule has 0 saturated heterocycles. The number of aryl methyl sites for hydroxylation is 3. The van der Waals surface area contributed by atoms with Gasteiger partial charge in [-0.1, -0.05) is 73.0 Å². The molecule has 2 aromatic rings. The fourth-order valence-electron chi connectivity index (χ4n) is 8.57. The molecule has 2 nitrogen and oxygen atoms in total. The van der Waals surface area contributed by atoms with Gasteiger partial charge >= 0.3 is 0 Å². The van der Waals surface area contributed by atoms with Gasteiger partial charge in [-0.2, -0.15) is 0 Å². The minimum absolute atomic E-state index is 0.00222. The summed E-state index contributed by atoms with van der Waals surface area (Å²) in [5, 5.41) is 0. The Morgan fingerprint density at radius 1 is 0.919 bits per heavy atom. The fourth-order valence-corrected chi connectivity index (χ4v) is 8.57. The van der Waals surface area contributed by atoms with Crippen LogP contribution >= 0.6 is 0 Å². The molecule has 0 spiro atoms. The SMILES string of the molecule is C=C1C2=C(C)[C@]3(C)C(=O)C(C(C)=O)=C(C)C[C@]3(C)C[C@]2(C)Cc2c(-c3cc(C)cc(C)c3)ccc(C)c21. The Balaban J connectivity index is 1.78. The van der Waals surface area contributed by atoms with Crippen molar-refractivity contribution in [3.8, 4) is 11.1 Å². The number of ketones is 2. The zero-order valence-corrected chi connectivity index (χ0v) is 24.0. The molecule has 2 heteroatoms. The van der Waals surface area contributed by atoms with Crippen molar-refractivity contribution >= 4 is 17.1 Å². The molecule has 0 fully saturated rings. The smallest absolute Gasteiger partial charge is 0.176 e. The monoisotopic (exact) mass is 492 g/mol. The summed E-state index contributed by atoms with van der Waals surface area (Å²) in [6, 6.07) is 11.3. The van der Waals surface area contributed by atoms with Crippen molar-refractivity contribution in [1.29, 1.82) is 0 Å². The molecular weight excluding hydrogens is 452 g/mol. The first-order chi connectivity index (χ1) is 17.1. The molecule has 0 amide bonds. The van der Waals surface area contributed by atoms with Gasteiger partial charge in [0, 0.05) is 0 Å². The lowest BCUT2D eigenvalue weighted by molar-refractivity contribution is -0.134. The minimum atomic E-state index is -0.720. The molecule has 0 radical (unpaired) electrons. The zero-order valence-electron chi connectivity index (χ0n) is 24.0. The first kappa shape index (κ1) is 25.6. The van der Waals surface area contributed by atoms with Crippen molar-refractivity contribution in [2.45, 2.75) is 81.6 Å². The second-order valence-electron chi connectivity index (χ2n) is 13.0. The number of Topliss-reactive ketones (excluding diaryl/α,β-unsaturated/α-hetero) is 2. The second-order valence-corrected chi connectivity index (χ2v) is 13.0. The molecular formula is C35H40O2. The Kier molecular flexibility index (Phi) is 5.54. The Morgan fingerprint density at radius 2 is 1.54 bits per heavy atom. The van der Waals surface area contributed by atoms with E-state index in [9.17, 15) is 9.59 Å². The molecule has 0 aliphatic heterocycles. The van der Waals surface area contributed by atoms with Gasteiger partial charge in [0.15, 0.2) is 11.6 Å². The van der Waals surface area contributed by atoms with E-state index in [1.165, 1.54) is 51.4 Å². The molecule has 3 atom stereocenters. The Labute approximate surface area is 222 Å². The van der Waals surface area contributed by atoms with Gasteiger partial charge in [-0.25, -0.2) is 0 Å². The van der Waals surface area contributed by atoms with Crippen LogP contribution in [0.1, 0.15) is 82.2 Å². The number of fused-ring (bicyclic) bond motifs is 3. The number of carbonyl (C=O) groups excluding carboxylic acids is 2. The zero-order chi connectivity index (χ0) is 27.2. The van der Waals surface area contributed by atoms with E-state index >= 15 is 0 Å². The lowest BCUT2D eigenvalue weighted by Crippen LogP contribution is -2.56. The topological polar surface area (TPSA) is 34.1 Å². The highest BCUT2D eigenvalue weighted by molar-refractivity contribution is 6.23. The van der Waals surface area contributed by atoms with Crippen LogP contribution in [0.15, 0.2) is 59.2 Å². The Hall–Kier alpha value is -3.00. The van der Waals surface area contributed by atoms with Crippen LogP contribution in [0, 0.1) is 37.0 Å². The molecule has 0 saturated carbocycles. The van der Waals surface area contributed by atoms with Gasteiger partial charge < -0.3 is 0 Å². The molecule has 5 rings (SSSR count). The van der Waals surface area contributed by atoms with Gasteiger partial charge in [0.05, 0.1) is 11.0 Å². The molecule has 0 heterocycles. The molecule has 2 aromatic carbocycles. The van der Waals surface area contributed by atoms with Gasteiger partial charge in [0.2, 0.25) is 0 Å². The van der Waals surface area contributed by atoms with Crippen LogP contribution in [0.3, 0.4) is 0 Å². The van der Waals surface area contributed by atoms with Gasteiger partial charge in [0.25, 0.3) is 0 Å². The summed E-state index contributed by atoms with van der Waals surface area (Å²) in [6.45, 7) is 23.6. The van der Waals surface area contributed by atoms with Crippen LogP contribution in [-0.4, -0.2) is 11.6 Å². The highest BCUT2D eigenvalue weighted by Crippen LogP contribution is 2.68. The predicted octanol–water partition coefficient (Wildman–Crippen LogP) is 8.47. The normalized spacial score (nSPS) is 29.2. The number of allylic oxidation sites excluding steroid dienone is 5. The van der Waals surface area contributed by atoms with E-state index in [-0.39, 0.29) is 22.4 Å². The first-order valence-corrected chi connectivity index (χ1v) is 13.5. The second kappa shape index (κ2) is 8.00. The molecule has 0 aromatic heterocycles. The summed E-state index contributed by atoms with van der Waals surface area (Å²) in [5.74, 6) is -0.115. The lowest BCUT2D eigenvalue weighted by Gasteiger charge is -2.60. The fraction of sp³-hybridized carbons (Fsp3) is 0.429. The van der Waals surface area contributed by atoms with Crippen LogP contribution < -0.4 is 0 Å². The van der Waals surface area contributed by atoms with Gasteiger partial charge in [-0.05, 0) is 118 Å². The standard InChI is InChI=1S/C35H40O2/c1-19-13-20(2)15-26(14-19)27-12-11-21(3)29-23(5)31-24(6)35(10)32(37)30(25(7)36)22(4)16-34(35,9)18-33(31,8)17-28(27)29/h11-15H,5,16-18H2,1-4,6-10H3/t33-,34+,35+/m0/s1. The number of hydrogen-bond acceptors (Lipinski definition) is 2. The van der Waals surface area contributed by atoms with Crippen LogP contribution in [-0.2, 0) is 16.0 Å². The Morgan fingerprint density at radius 3 is 2.14 bits per heavy atom. The molecule has 192 valence electrons. The predicted molar refractivity (Wildman–Crippen MR) is 153 cm³/mol. The largest absolute Gasteiger partial charge is 0.294 e. The number of carbonyl (C=O) groups is 2. The van der Waals surface area contributed by atoms with Crippen LogP contribution in [0.25, 0.3) is 16.7 Å². The summed E-state index contributed by atoms with van der Waals surface area (Å²) < 4.78 is 0. The third kappa shape index (κ3) is 3.37. The van der Waals surface area contributed by atoms with Crippen molar-refractivity contribution in [1.82, 2.24) is 0 Å². The molecule has 3 aliphatic carbocycles. The highest BCUT2D eigenvalue weighted by atomic mass is 16.1. The summed E-state index contributed by atoms with van der Waals surface area (Å²) in [5.41, 5.74) is 12.5. The van der Waals surface area contributed by atoms with E-state index in [1.807, 2.05) is 6.92 Å². The third-order valence-corrected chi connectivity index (χ3v) is 10.1. The molecule has 0 unspecified atom stereocenters. The van der Waals surface area contributed by atoms with Crippen LogP contribution in [0.5, 0.6) is 0 Å². The Bertz CT molecular complexity index is 1480. The van der Waals surface area contributed by atoms with E-state index in [2.05, 4.69) is 78.8 Å². The maximum absolute atomic E-state index is 14.1. The maximum Gasteiger partial charge on any atom is 0.176 e. The van der Waals surface area contributed by atoms with E-state index in [0.29, 0.717) is 5.57 Å². The number of benzene rings is 2. The van der Waals surface area contributed by atoms with Gasteiger partial charge in [0.1, 0.15) is 0 Å². The molecule has 0 N–H and O–H groups in total. The molecule has 0 bridgehead atoms. The van der Waals surface area contributed by atoms with E-state index in [0.717, 1.165) is 36.0 Å². The summed E-state index contributed by atoms with van der Waals surface area (Å²) in [4.78, 5) is 26.7. The highest BCUT2D eigenvalue weighted by Gasteiger charge is 2.62. The molecule has 3 aliphatic rings. The van der Waals surface area contributed by atoms with Crippen LogP contribution in [0.2, 0.25) is 0 Å². The lowest BCUT2D eigenvalue weighted by atomic mass is 9.42. The van der Waals surface area contributed by atoms with E-state index < -0.39 is 5.41 Å². The van der Waals surface area contributed by atoms with Crippen LogP contribution in [0.4, 0.5) is 0 Å². The maximum atomic E-state index is 14.1. The van der Waals surface area contributed by atoms with Crippen molar-refractivity contribution < 1.29 is 9.59 Å². The first-order valence-electron chi connectivity index (χ1n) is 13.5. The van der Waals surface area contributed by atoms with Crippen molar-refractivity contribution in [2.24, 2.45) is 16.2 Å². The summed E-state index contributed by atoms with van der Waals surface area (Å²) >= 11 is 0.